The predicted octanol–water partition coefficient (Wildman–Crippen LogP) is 10.0. The average molecular weight is 1870 g/mol. The summed E-state index contributed by atoms with van der Waals surface area (Å²) >= 11 is 6.14. The molecule has 4 amide bonds. The third kappa shape index (κ3) is 23.8. The highest BCUT2D eigenvalue weighted by atomic mass is 35.5. The second-order valence-electron chi connectivity index (χ2n) is 32.0. The van der Waals surface area contributed by atoms with E-state index in [0.29, 0.717) is 161 Å². The standard InChI is InChI=1S/2C23H34N6O4.C22H26ClF3N4O4.C22H31N5O5/c1-8-16-20(25-17-12-29(23(31)32-7)13-18(17)33-9-2)22(30)28(6)21(26-16)15-11-24-19(27(4)5)10-14(15)3;1-8-16-20(25-17-12-29(23(31)32-7)13-18(17)33-9-2)22(30)28(6)21(26-16)15-10-11-19(27(4)5)24-14(15)3;1-5-15-18(27-16-10-30(21(32)33-4)11-17(16)34-6-2)20(31)29(3)19(28-15)13-8-7-12(9-14(13)23)22(24,25)26;1-7-15-19(24-16-11-27(22(29)31-6)12-17(16)32-8-2)21(28)26(4)20(25-15)14-9-10-18(30-5)23-13(14)3/h2*10-11,17-18,25H,8-9,12-13H2,1-7H3;7-9,16-17,27H,5-6,10-11H2,1-4H3;9-10,16-17,24H,7-8,11-12H2,1-6H3/t2*17?,18-;2*16?,17-/m0000/s1. The molecule has 132 heavy (non-hydrogen) atoms. The molecule has 0 saturated carbocycles. The van der Waals surface area contributed by atoms with Gasteiger partial charge in [-0.3, -0.25) is 37.4 Å². The molecule has 8 atom stereocenters. The van der Waals surface area contributed by atoms with E-state index in [1.165, 1.54) is 55.6 Å². The number of methoxy groups -OCH3 is 5. The number of hydrogen-bond acceptors (Lipinski definition) is 30. The molecule has 12 rings (SSSR count). The van der Waals surface area contributed by atoms with Gasteiger partial charge >= 0.3 is 30.5 Å². The molecule has 38 nitrogen and oxygen atoms in total. The molecule has 4 unspecified atom stereocenters. The Balaban J connectivity index is 0.000000198. The number of aromatic nitrogens is 11. The molecule has 4 fully saturated rings. The quantitative estimate of drug-likeness (QED) is 0.0348. The monoisotopic (exact) mass is 1860 g/mol. The molecule has 4 N–H and O–H groups in total. The van der Waals surface area contributed by atoms with Crippen LogP contribution in [-0.2, 0) is 97.9 Å². The number of anilines is 6. The number of pyridine rings is 3. The highest BCUT2D eigenvalue weighted by Gasteiger charge is 2.43. The van der Waals surface area contributed by atoms with Gasteiger partial charge in [-0.05, 0) is 122 Å². The van der Waals surface area contributed by atoms with Crippen molar-refractivity contribution in [3.8, 4) is 51.4 Å². The highest BCUT2D eigenvalue weighted by Crippen LogP contribution is 2.37. The van der Waals surface area contributed by atoms with Gasteiger partial charge in [0.2, 0.25) is 5.88 Å². The SMILES string of the molecule is CCO[C@H]1CN(C(=O)OC)CC1Nc1c(CC)nc(-c2ccc(C(F)(F)F)cc2Cl)n(C)c1=O.CCO[C@H]1CN(C(=O)OC)CC1Nc1c(CC)nc(-c2ccc(N(C)C)nc2C)n(C)c1=O.CCO[C@H]1CN(C(=O)OC)CC1Nc1c(CC)nc(-c2ccc(OC)nc2C)n(C)c1=O.CCO[C@H]1CN(C(=O)OC)CC1Nc1c(CC)nc(-c2cnc(N(C)C)cc2C)n(C)c1=O. The summed E-state index contributed by atoms with van der Waals surface area (Å²) in [7, 11) is 21.2. The van der Waals surface area contributed by atoms with Crippen LogP contribution in [0.5, 0.6) is 5.88 Å². The summed E-state index contributed by atoms with van der Waals surface area (Å²) in [6, 6.07) is 11.2. The molecule has 0 bridgehead atoms. The second kappa shape index (κ2) is 46.2. The number of benzene rings is 1. The molecule has 0 radical (unpaired) electrons. The van der Waals surface area contributed by atoms with Crippen molar-refractivity contribution in [2.75, 3.05) is 174 Å². The molecule has 1 aromatic carbocycles. The normalized spacial score (nSPS) is 18.0. The third-order valence-electron chi connectivity index (χ3n) is 23.1. The lowest BCUT2D eigenvalue weighted by Crippen LogP contribution is -2.38. The largest absolute Gasteiger partial charge is 0.481 e. The van der Waals surface area contributed by atoms with E-state index < -0.39 is 41.7 Å². The van der Waals surface area contributed by atoms with Crippen LogP contribution >= 0.6 is 11.6 Å². The van der Waals surface area contributed by atoms with E-state index >= 15 is 0 Å². The summed E-state index contributed by atoms with van der Waals surface area (Å²) in [4.78, 5) is 144. The first-order chi connectivity index (χ1) is 62.8. The first-order valence-corrected chi connectivity index (χ1v) is 44.1. The van der Waals surface area contributed by atoms with Gasteiger partial charge in [0.1, 0.15) is 57.7 Å². The lowest BCUT2D eigenvalue weighted by Gasteiger charge is -2.23. The smallest absolute Gasteiger partial charge is 0.416 e. The van der Waals surface area contributed by atoms with Crippen molar-refractivity contribution < 1.29 is 75.0 Å². The van der Waals surface area contributed by atoms with Gasteiger partial charge in [-0.15, -0.1) is 0 Å². The minimum Gasteiger partial charge on any atom is -0.481 e. The lowest BCUT2D eigenvalue weighted by atomic mass is 10.1. The number of alkyl halides is 3. The van der Waals surface area contributed by atoms with E-state index in [4.69, 9.17) is 69.2 Å². The van der Waals surface area contributed by atoms with Gasteiger partial charge in [-0.25, -0.2) is 54.1 Å². The number of nitrogens with zero attached hydrogens (tertiary/aromatic N) is 17. The number of ether oxygens (including phenoxy) is 9. The van der Waals surface area contributed by atoms with Crippen LogP contribution in [0.1, 0.15) is 101 Å². The molecule has 720 valence electrons. The van der Waals surface area contributed by atoms with Gasteiger partial charge in [-0.1, -0.05) is 39.3 Å². The van der Waals surface area contributed by atoms with Crippen LogP contribution in [0.4, 0.5) is 66.7 Å². The summed E-state index contributed by atoms with van der Waals surface area (Å²) in [6.07, 6.45) is -3.60. The number of nitrogens with one attached hydrogen (secondary N) is 4. The van der Waals surface area contributed by atoms with Gasteiger partial charge in [0.15, 0.2) is 0 Å². The Morgan fingerprint density at radius 3 is 0.985 bits per heavy atom. The minimum absolute atomic E-state index is 0.148. The molecule has 8 aromatic rings. The number of carbonyl (C=O) groups is 4. The molecular formula is C90H125ClF3N21O17. The number of likely N-dealkylation sites (tertiary alicyclic amines) is 4. The Kier molecular flexibility index (Phi) is 36.3. The second-order valence-corrected chi connectivity index (χ2v) is 32.4. The summed E-state index contributed by atoms with van der Waals surface area (Å²) in [5.74, 6) is 4.01. The molecule has 42 heteroatoms. The average Bonchev–Trinajstić information content (AvgIpc) is 1.17. The van der Waals surface area contributed by atoms with Gasteiger partial charge in [0.05, 0.1) is 155 Å². The first-order valence-electron chi connectivity index (χ1n) is 43.7. The Morgan fingerprint density at radius 1 is 0.417 bits per heavy atom. The van der Waals surface area contributed by atoms with Crippen molar-refractivity contribution in [3.63, 3.8) is 0 Å². The van der Waals surface area contributed by atoms with E-state index in [1.807, 2.05) is 131 Å². The van der Waals surface area contributed by atoms with Crippen LogP contribution in [0.25, 0.3) is 45.6 Å². The zero-order chi connectivity index (χ0) is 97.2. The zero-order valence-electron chi connectivity index (χ0n) is 79.7. The maximum absolute atomic E-state index is 13.4. The van der Waals surface area contributed by atoms with Gasteiger partial charge in [-0.2, -0.15) is 13.2 Å². The molecule has 0 aliphatic carbocycles. The van der Waals surface area contributed by atoms with Crippen LogP contribution in [0, 0.1) is 20.8 Å². The van der Waals surface area contributed by atoms with Crippen molar-refractivity contribution in [2.24, 2.45) is 28.2 Å². The summed E-state index contributed by atoms with van der Waals surface area (Å²) in [5.41, 5.74) is 7.12. The Labute approximate surface area is 770 Å². The summed E-state index contributed by atoms with van der Waals surface area (Å²) in [6.45, 7) is 25.8. The maximum Gasteiger partial charge on any atom is 0.416 e. The van der Waals surface area contributed by atoms with Crippen LogP contribution < -0.4 is 58.0 Å². The molecule has 4 aliphatic rings. The predicted molar refractivity (Wildman–Crippen MR) is 497 cm³/mol. The topological polar surface area (TPSA) is 397 Å². The van der Waals surface area contributed by atoms with Gasteiger partial charge < -0.3 is 93.3 Å². The van der Waals surface area contributed by atoms with Crippen molar-refractivity contribution in [2.45, 2.75) is 157 Å². The summed E-state index contributed by atoms with van der Waals surface area (Å²) < 4.78 is 92.7. The Morgan fingerprint density at radius 2 is 0.720 bits per heavy atom. The number of amides is 4. The van der Waals surface area contributed by atoms with Crippen molar-refractivity contribution in [1.29, 1.82) is 0 Å². The fourth-order valence-electron chi connectivity index (χ4n) is 16.0. The molecule has 0 spiro atoms. The van der Waals surface area contributed by atoms with E-state index in [0.717, 1.165) is 57.4 Å². The van der Waals surface area contributed by atoms with E-state index in [1.54, 1.807) is 71.3 Å². The minimum atomic E-state index is -4.54. The van der Waals surface area contributed by atoms with Crippen molar-refractivity contribution in [3.05, 3.63) is 146 Å². The van der Waals surface area contributed by atoms with Gasteiger partial charge in [0.25, 0.3) is 22.2 Å². The summed E-state index contributed by atoms with van der Waals surface area (Å²) in [5, 5.41) is 13.0. The molecular weight excluding hydrogens is 1740 g/mol. The van der Waals surface area contributed by atoms with E-state index in [2.05, 4.69) is 41.2 Å². The fraction of sp³-hybridized carbons (Fsp3) is 0.544. The third-order valence-corrected chi connectivity index (χ3v) is 23.4. The fourth-order valence-corrected chi connectivity index (χ4v) is 16.3. The van der Waals surface area contributed by atoms with Gasteiger partial charge in [0, 0.05) is 144 Å². The van der Waals surface area contributed by atoms with Crippen LogP contribution in [0.3, 0.4) is 0 Å². The van der Waals surface area contributed by atoms with E-state index in [-0.39, 0.29) is 93.9 Å². The molecule has 11 heterocycles. The number of aryl methyl sites for hydroxylation is 7. The van der Waals surface area contributed by atoms with Crippen LogP contribution in [0.15, 0.2) is 73.9 Å². The van der Waals surface area contributed by atoms with Crippen molar-refractivity contribution in [1.82, 2.24) is 72.8 Å². The molecule has 7 aromatic heterocycles. The number of hydrogen-bond donors (Lipinski definition) is 4. The Hall–Kier alpha value is -12.2. The number of carbonyl (C=O) groups excluding carboxylic acids is 4. The molecule has 4 saturated heterocycles. The van der Waals surface area contributed by atoms with Crippen molar-refractivity contribution >= 4 is 70.4 Å². The first kappa shape index (κ1) is 104. The highest BCUT2D eigenvalue weighted by molar-refractivity contribution is 6.33. The zero-order valence-corrected chi connectivity index (χ0v) is 80.4. The Bertz CT molecular complexity index is 5490. The van der Waals surface area contributed by atoms with Crippen LogP contribution in [-0.4, -0.2) is 288 Å². The van der Waals surface area contributed by atoms with Crippen LogP contribution in [0.2, 0.25) is 5.02 Å². The lowest BCUT2D eigenvalue weighted by molar-refractivity contribution is -0.137. The number of halogens is 4. The molecule has 4 aliphatic heterocycles. The maximum atomic E-state index is 13.4. The number of rotatable bonds is 27. The van der Waals surface area contributed by atoms with E-state index in [9.17, 15) is 51.5 Å².